The Labute approximate surface area is 94.9 Å². The molecule has 14 heavy (non-hydrogen) atoms. The molecule has 0 unspecified atom stereocenters. The van der Waals surface area contributed by atoms with Gasteiger partial charge in [0.15, 0.2) is 0 Å². The van der Waals surface area contributed by atoms with Gasteiger partial charge in [0.05, 0.1) is 13.7 Å². The van der Waals surface area contributed by atoms with E-state index in [1.54, 1.807) is 23.5 Å². The third-order valence-corrected chi connectivity index (χ3v) is 2.99. The Kier molecular flexibility index (Phi) is 9.77. The van der Waals surface area contributed by atoms with Gasteiger partial charge in [-0.3, -0.25) is 9.69 Å². The summed E-state index contributed by atoms with van der Waals surface area (Å²) in [7, 11) is 1.43. The van der Waals surface area contributed by atoms with Gasteiger partial charge < -0.3 is 4.74 Å². The number of methoxy groups -OCH3 is 1. The fourth-order valence-electron chi connectivity index (χ4n) is 0.958. The van der Waals surface area contributed by atoms with Crippen LogP contribution in [0.3, 0.4) is 0 Å². The lowest BCUT2D eigenvalue weighted by molar-refractivity contribution is -0.141. The molecule has 0 atom stereocenters. The highest BCUT2D eigenvalue weighted by atomic mass is 32.2. The largest absolute Gasteiger partial charge is 0.468 e. The third kappa shape index (κ3) is 7.53. The molecule has 84 valence electrons. The van der Waals surface area contributed by atoms with Crippen molar-refractivity contribution in [2.24, 2.45) is 0 Å². The van der Waals surface area contributed by atoms with E-state index in [1.807, 2.05) is 0 Å². The van der Waals surface area contributed by atoms with Crippen LogP contribution in [-0.2, 0) is 9.53 Å². The molecule has 3 nitrogen and oxygen atoms in total. The number of carbonyl (C=O) groups is 1. The molecular formula is C9H19NO2S2. The van der Waals surface area contributed by atoms with E-state index in [0.717, 1.165) is 24.6 Å². The predicted molar refractivity (Wildman–Crippen MR) is 65.2 cm³/mol. The standard InChI is InChI=1S/C9H19NO2S2/c1-12-9(11)8-10(4-6-13-2)5-7-14-3/h4-8H2,1-3H3. The van der Waals surface area contributed by atoms with Crippen molar-refractivity contribution in [1.82, 2.24) is 4.90 Å². The Morgan fingerprint density at radius 2 is 1.71 bits per heavy atom. The molecule has 0 fully saturated rings. The normalized spacial score (nSPS) is 10.6. The molecule has 0 heterocycles. The number of carbonyl (C=O) groups excluding carboxylic acids is 1. The molecule has 0 N–H and O–H groups in total. The van der Waals surface area contributed by atoms with E-state index >= 15 is 0 Å². The summed E-state index contributed by atoms with van der Waals surface area (Å²) in [5.74, 6) is 1.98. The van der Waals surface area contributed by atoms with E-state index in [1.165, 1.54) is 7.11 Å². The molecule has 0 spiro atoms. The molecule has 0 aliphatic carbocycles. The van der Waals surface area contributed by atoms with Crippen LogP contribution in [0.1, 0.15) is 0 Å². The molecule has 0 saturated carbocycles. The first kappa shape index (κ1) is 14.1. The van der Waals surface area contributed by atoms with Crippen molar-refractivity contribution in [1.29, 1.82) is 0 Å². The first-order chi connectivity index (χ1) is 6.74. The first-order valence-electron chi connectivity index (χ1n) is 4.51. The number of rotatable bonds is 8. The summed E-state index contributed by atoms with van der Waals surface area (Å²) in [4.78, 5) is 13.2. The number of hydrogen-bond donors (Lipinski definition) is 0. The van der Waals surface area contributed by atoms with Crippen molar-refractivity contribution in [2.45, 2.75) is 0 Å². The van der Waals surface area contributed by atoms with Gasteiger partial charge in [-0.05, 0) is 12.5 Å². The van der Waals surface area contributed by atoms with Crippen LogP contribution in [-0.4, -0.2) is 61.6 Å². The van der Waals surface area contributed by atoms with Gasteiger partial charge in [0, 0.05) is 24.6 Å². The fourth-order valence-corrected chi connectivity index (χ4v) is 1.84. The van der Waals surface area contributed by atoms with Gasteiger partial charge in [-0.15, -0.1) is 0 Å². The van der Waals surface area contributed by atoms with Gasteiger partial charge in [0.25, 0.3) is 0 Å². The second-order valence-electron chi connectivity index (χ2n) is 2.84. The Morgan fingerprint density at radius 1 is 1.21 bits per heavy atom. The minimum absolute atomic E-state index is 0.146. The summed E-state index contributed by atoms with van der Waals surface area (Å²) in [6, 6.07) is 0. The van der Waals surface area contributed by atoms with Crippen molar-refractivity contribution in [3.8, 4) is 0 Å². The van der Waals surface area contributed by atoms with Crippen LogP contribution < -0.4 is 0 Å². The molecule has 0 aromatic carbocycles. The number of ether oxygens (including phenoxy) is 1. The number of hydrogen-bond acceptors (Lipinski definition) is 5. The van der Waals surface area contributed by atoms with E-state index in [9.17, 15) is 4.79 Å². The molecule has 0 aliphatic heterocycles. The monoisotopic (exact) mass is 237 g/mol. The molecule has 5 heteroatoms. The van der Waals surface area contributed by atoms with Gasteiger partial charge >= 0.3 is 5.97 Å². The molecular weight excluding hydrogens is 218 g/mol. The lowest BCUT2D eigenvalue weighted by atomic mass is 10.5. The van der Waals surface area contributed by atoms with Crippen LogP contribution in [0.25, 0.3) is 0 Å². The van der Waals surface area contributed by atoms with Crippen LogP contribution in [0.5, 0.6) is 0 Å². The predicted octanol–water partition coefficient (Wildman–Crippen LogP) is 1.19. The van der Waals surface area contributed by atoms with Crippen molar-refractivity contribution < 1.29 is 9.53 Å². The maximum atomic E-state index is 11.1. The molecule has 0 aliphatic rings. The van der Waals surface area contributed by atoms with Crippen LogP contribution in [0, 0.1) is 0 Å². The highest BCUT2D eigenvalue weighted by Gasteiger charge is 2.09. The quantitative estimate of drug-likeness (QED) is 0.592. The van der Waals surface area contributed by atoms with E-state index in [4.69, 9.17) is 0 Å². The van der Waals surface area contributed by atoms with E-state index < -0.39 is 0 Å². The Morgan fingerprint density at radius 3 is 2.07 bits per heavy atom. The van der Waals surface area contributed by atoms with Crippen LogP contribution in [0.4, 0.5) is 0 Å². The zero-order valence-electron chi connectivity index (χ0n) is 9.12. The summed E-state index contributed by atoms with van der Waals surface area (Å²) in [5, 5.41) is 0. The molecule has 0 bridgehead atoms. The van der Waals surface area contributed by atoms with Crippen LogP contribution in [0.15, 0.2) is 0 Å². The summed E-state index contributed by atoms with van der Waals surface area (Å²) in [6.07, 6.45) is 4.15. The van der Waals surface area contributed by atoms with Gasteiger partial charge in [0.2, 0.25) is 0 Å². The molecule has 0 rings (SSSR count). The maximum Gasteiger partial charge on any atom is 0.319 e. The van der Waals surface area contributed by atoms with Crippen LogP contribution >= 0.6 is 23.5 Å². The lowest BCUT2D eigenvalue weighted by Gasteiger charge is -2.19. The lowest BCUT2D eigenvalue weighted by Crippen LogP contribution is -2.34. The fraction of sp³-hybridized carbons (Fsp3) is 0.889. The summed E-state index contributed by atoms with van der Waals surface area (Å²) >= 11 is 3.60. The third-order valence-electron chi connectivity index (χ3n) is 1.80. The van der Waals surface area contributed by atoms with Crippen molar-refractivity contribution in [3.05, 3.63) is 0 Å². The molecule has 0 saturated heterocycles. The first-order valence-corrected chi connectivity index (χ1v) is 7.30. The van der Waals surface area contributed by atoms with E-state index in [-0.39, 0.29) is 5.97 Å². The summed E-state index contributed by atoms with van der Waals surface area (Å²) in [6.45, 7) is 2.32. The SMILES string of the molecule is COC(=O)CN(CCSC)CCSC. The summed E-state index contributed by atoms with van der Waals surface area (Å²) < 4.78 is 4.65. The number of nitrogens with zero attached hydrogens (tertiary/aromatic N) is 1. The Hall–Kier alpha value is 0.130. The van der Waals surface area contributed by atoms with Gasteiger partial charge in [0.1, 0.15) is 0 Å². The second-order valence-corrected chi connectivity index (χ2v) is 4.81. The van der Waals surface area contributed by atoms with Gasteiger partial charge in [-0.2, -0.15) is 23.5 Å². The summed E-state index contributed by atoms with van der Waals surface area (Å²) in [5.41, 5.74) is 0. The van der Waals surface area contributed by atoms with E-state index in [2.05, 4.69) is 22.1 Å². The number of thioether (sulfide) groups is 2. The molecule has 0 aromatic rings. The topological polar surface area (TPSA) is 29.5 Å². The van der Waals surface area contributed by atoms with Crippen LogP contribution in [0.2, 0.25) is 0 Å². The minimum Gasteiger partial charge on any atom is -0.468 e. The van der Waals surface area contributed by atoms with Crippen molar-refractivity contribution >= 4 is 29.5 Å². The van der Waals surface area contributed by atoms with Crippen molar-refractivity contribution in [2.75, 3.05) is 50.8 Å². The average molecular weight is 237 g/mol. The van der Waals surface area contributed by atoms with Gasteiger partial charge in [-0.1, -0.05) is 0 Å². The Balaban J connectivity index is 3.77. The molecule has 0 amide bonds. The van der Waals surface area contributed by atoms with E-state index in [0.29, 0.717) is 6.54 Å². The highest BCUT2D eigenvalue weighted by molar-refractivity contribution is 7.98. The number of esters is 1. The second kappa shape index (κ2) is 9.68. The maximum absolute atomic E-state index is 11.1. The zero-order chi connectivity index (χ0) is 10.8. The Bertz CT molecular complexity index is 148. The van der Waals surface area contributed by atoms with Crippen molar-refractivity contribution in [3.63, 3.8) is 0 Å². The minimum atomic E-state index is -0.146. The van der Waals surface area contributed by atoms with Gasteiger partial charge in [-0.25, -0.2) is 0 Å². The zero-order valence-corrected chi connectivity index (χ0v) is 10.7. The molecule has 0 aromatic heterocycles. The smallest absolute Gasteiger partial charge is 0.319 e. The molecule has 0 radical (unpaired) electrons. The highest BCUT2D eigenvalue weighted by Crippen LogP contribution is 1.99. The average Bonchev–Trinajstić information content (AvgIpc) is 2.21.